The summed E-state index contributed by atoms with van der Waals surface area (Å²) >= 11 is 0. The van der Waals surface area contributed by atoms with Crippen molar-refractivity contribution in [3.63, 3.8) is 0 Å². The number of nitrogens with two attached hydrogens (primary N) is 1. The maximum atomic E-state index is 12.0. The number of nitrogens with zero attached hydrogens (tertiary/aromatic N) is 1. The molecule has 1 aromatic heterocycles. The number of nitrogens with one attached hydrogen (secondary N) is 1. The number of nitrogen functional groups attached to an aromatic ring is 1. The molecule has 20 heavy (non-hydrogen) atoms. The van der Waals surface area contributed by atoms with Crippen LogP contribution in [0.4, 0.5) is 5.69 Å². The van der Waals surface area contributed by atoms with Gasteiger partial charge in [-0.25, -0.2) is 0 Å². The van der Waals surface area contributed by atoms with Gasteiger partial charge in [0, 0.05) is 24.0 Å². The van der Waals surface area contributed by atoms with E-state index in [1.54, 1.807) is 6.07 Å². The first-order chi connectivity index (χ1) is 9.54. The molecule has 5 heteroatoms. The van der Waals surface area contributed by atoms with Gasteiger partial charge in [-0.1, -0.05) is 19.8 Å². The van der Waals surface area contributed by atoms with Gasteiger partial charge in [0.15, 0.2) is 0 Å². The third-order valence-electron chi connectivity index (χ3n) is 3.94. The summed E-state index contributed by atoms with van der Waals surface area (Å²) < 4.78 is 1.35. The first kappa shape index (κ1) is 14.6. The van der Waals surface area contributed by atoms with Crippen LogP contribution in [0.2, 0.25) is 0 Å². The molecule has 1 fully saturated rings. The van der Waals surface area contributed by atoms with Crippen LogP contribution in [0, 0.1) is 5.92 Å². The van der Waals surface area contributed by atoms with Crippen molar-refractivity contribution in [2.24, 2.45) is 5.92 Å². The predicted molar refractivity (Wildman–Crippen MR) is 79.3 cm³/mol. The molecule has 1 aliphatic rings. The van der Waals surface area contributed by atoms with E-state index in [2.05, 4.69) is 12.2 Å². The quantitative estimate of drug-likeness (QED) is 0.822. The lowest BCUT2D eigenvalue weighted by atomic mass is 10.0. The van der Waals surface area contributed by atoms with E-state index < -0.39 is 0 Å². The minimum absolute atomic E-state index is 0.0376. The average Bonchev–Trinajstić information content (AvgIpc) is 2.59. The Hall–Kier alpha value is -1.78. The standard InChI is InChI=1S/C15H23N3O2/c1-11-3-2-4-13(7-5-11)17-14(19)10-18-9-12(16)6-8-15(18)20/h6,8-9,11,13H,2-5,7,10,16H2,1H3,(H,17,19). The highest BCUT2D eigenvalue weighted by molar-refractivity contribution is 5.76. The maximum Gasteiger partial charge on any atom is 0.251 e. The van der Waals surface area contributed by atoms with Crippen LogP contribution in [0.1, 0.15) is 39.0 Å². The van der Waals surface area contributed by atoms with Gasteiger partial charge < -0.3 is 15.6 Å². The normalized spacial score (nSPS) is 23.1. The highest BCUT2D eigenvalue weighted by Crippen LogP contribution is 2.22. The van der Waals surface area contributed by atoms with E-state index in [0.717, 1.165) is 31.6 Å². The smallest absolute Gasteiger partial charge is 0.251 e. The van der Waals surface area contributed by atoms with Gasteiger partial charge in [0.25, 0.3) is 5.56 Å². The molecule has 0 aromatic carbocycles. The Morgan fingerprint density at radius 1 is 1.35 bits per heavy atom. The Balaban J connectivity index is 1.92. The van der Waals surface area contributed by atoms with Crippen LogP contribution in [-0.4, -0.2) is 16.5 Å². The van der Waals surface area contributed by atoms with Crippen molar-refractivity contribution in [1.82, 2.24) is 9.88 Å². The van der Waals surface area contributed by atoms with E-state index in [1.807, 2.05) is 0 Å². The average molecular weight is 277 g/mol. The second kappa shape index (κ2) is 6.59. The monoisotopic (exact) mass is 277 g/mol. The Morgan fingerprint density at radius 2 is 2.15 bits per heavy atom. The molecule has 0 bridgehead atoms. The van der Waals surface area contributed by atoms with Crippen molar-refractivity contribution >= 4 is 11.6 Å². The number of anilines is 1. The van der Waals surface area contributed by atoms with E-state index >= 15 is 0 Å². The molecule has 1 saturated carbocycles. The van der Waals surface area contributed by atoms with E-state index in [1.165, 1.54) is 23.3 Å². The molecule has 2 unspecified atom stereocenters. The molecular weight excluding hydrogens is 254 g/mol. The zero-order valence-electron chi connectivity index (χ0n) is 12.0. The Labute approximate surface area is 119 Å². The summed E-state index contributed by atoms with van der Waals surface area (Å²) in [7, 11) is 0. The fourth-order valence-corrected chi connectivity index (χ4v) is 2.73. The summed E-state index contributed by atoms with van der Waals surface area (Å²) in [5, 5.41) is 3.04. The van der Waals surface area contributed by atoms with Gasteiger partial charge in [0.05, 0.1) is 0 Å². The van der Waals surface area contributed by atoms with Crippen molar-refractivity contribution in [3.05, 3.63) is 28.7 Å². The zero-order valence-corrected chi connectivity index (χ0v) is 12.0. The van der Waals surface area contributed by atoms with Crippen LogP contribution < -0.4 is 16.6 Å². The van der Waals surface area contributed by atoms with Crippen LogP contribution >= 0.6 is 0 Å². The predicted octanol–water partition coefficient (Wildman–Crippen LogP) is 1.52. The topological polar surface area (TPSA) is 77.1 Å². The van der Waals surface area contributed by atoms with Crippen LogP contribution in [-0.2, 0) is 11.3 Å². The summed E-state index contributed by atoms with van der Waals surface area (Å²) in [6.45, 7) is 2.30. The molecule has 2 rings (SSSR count). The fourth-order valence-electron chi connectivity index (χ4n) is 2.73. The van der Waals surface area contributed by atoms with Crippen molar-refractivity contribution < 1.29 is 4.79 Å². The van der Waals surface area contributed by atoms with Gasteiger partial charge in [0.2, 0.25) is 5.91 Å². The van der Waals surface area contributed by atoms with Gasteiger partial charge in [-0.05, 0) is 31.2 Å². The van der Waals surface area contributed by atoms with E-state index in [9.17, 15) is 9.59 Å². The third kappa shape index (κ3) is 4.11. The Bertz CT molecular complexity index is 524. The lowest BCUT2D eigenvalue weighted by Gasteiger charge is -2.17. The number of carbonyl (C=O) groups is 1. The van der Waals surface area contributed by atoms with Crippen LogP contribution in [0.3, 0.4) is 0 Å². The summed E-state index contributed by atoms with van der Waals surface area (Å²) in [5.74, 6) is 0.630. The number of hydrogen-bond acceptors (Lipinski definition) is 3. The van der Waals surface area contributed by atoms with Crippen LogP contribution in [0.15, 0.2) is 23.1 Å². The zero-order chi connectivity index (χ0) is 14.5. The molecule has 5 nitrogen and oxygen atoms in total. The van der Waals surface area contributed by atoms with Crippen molar-refractivity contribution in [2.75, 3.05) is 5.73 Å². The van der Waals surface area contributed by atoms with Crippen molar-refractivity contribution in [3.8, 4) is 0 Å². The van der Waals surface area contributed by atoms with Gasteiger partial charge in [-0.3, -0.25) is 9.59 Å². The highest BCUT2D eigenvalue weighted by Gasteiger charge is 2.18. The summed E-state index contributed by atoms with van der Waals surface area (Å²) in [6.07, 6.45) is 7.12. The molecule has 110 valence electrons. The van der Waals surface area contributed by atoms with Crippen molar-refractivity contribution in [2.45, 2.75) is 51.6 Å². The molecule has 3 N–H and O–H groups in total. The number of carbonyl (C=O) groups excluding carboxylic acids is 1. The molecule has 2 atom stereocenters. The Kier molecular flexibility index (Phi) is 4.82. The SMILES string of the molecule is CC1CCCC(NC(=O)Cn2cc(N)ccc2=O)CC1. The molecule has 1 heterocycles. The molecule has 1 aliphatic carbocycles. The van der Waals surface area contributed by atoms with Crippen LogP contribution in [0.5, 0.6) is 0 Å². The third-order valence-corrected chi connectivity index (χ3v) is 3.94. The van der Waals surface area contributed by atoms with Gasteiger partial charge >= 0.3 is 0 Å². The second-order valence-corrected chi connectivity index (χ2v) is 5.81. The first-order valence-corrected chi connectivity index (χ1v) is 7.30. The Morgan fingerprint density at radius 3 is 2.95 bits per heavy atom. The fraction of sp³-hybridized carbons (Fsp3) is 0.600. The van der Waals surface area contributed by atoms with Gasteiger partial charge in [-0.2, -0.15) is 0 Å². The summed E-state index contributed by atoms with van der Waals surface area (Å²) in [5.41, 5.74) is 5.91. The van der Waals surface area contributed by atoms with E-state index in [0.29, 0.717) is 5.69 Å². The summed E-state index contributed by atoms with van der Waals surface area (Å²) in [6, 6.07) is 3.17. The molecule has 0 spiro atoms. The van der Waals surface area contributed by atoms with Crippen molar-refractivity contribution in [1.29, 1.82) is 0 Å². The molecular formula is C15H23N3O2. The maximum absolute atomic E-state index is 12.0. The minimum Gasteiger partial charge on any atom is -0.398 e. The number of hydrogen-bond donors (Lipinski definition) is 2. The number of rotatable bonds is 3. The molecule has 1 amide bonds. The van der Waals surface area contributed by atoms with Gasteiger partial charge in [0.1, 0.15) is 6.54 Å². The second-order valence-electron chi connectivity index (χ2n) is 5.81. The molecule has 1 aromatic rings. The first-order valence-electron chi connectivity index (χ1n) is 7.30. The van der Waals surface area contributed by atoms with E-state index in [-0.39, 0.29) is 24.1 Å². The van der Waals surface area contributed by atoms with Crippen LogP contribution in [0.25, 0.3) is 0 Å². The van der Waals surface area contributed by atoms with E-state index in [4.69, 9.17) is 5.73 Å². The highest BCUT2D eigenvalue weighted by atomic mass is 16.2. The molecule has 0 radical (unpaired) electrons. The molecule has 0 saturated heterocycles. The number of pyridine rings is 1. The minimum atomic E-state index is -0.205. The number of aromatic nitrogens is 1. The summed E-state index contributed by atoms with van der Waals surface area (Å²) in [4.78, 5) is 23.7. The van der Waals surface area contributed by atoms with Gasteiger partial charge in [-0.15, -0.1) is 0 Å². The molecule has 0 aliphatic heterocycles. The largest absolute Gasteiger partial charge is 0.398 e. The number of amides is 1. The lowest BCUT2D eigenvalue weighted by molar-refractivity contribution is -0.122. The lowest BCUT2D eigenvalue weighted by Crippen LogP contribution is -2.38.